The lowest BCUT2D eigenvalue weighted by Gasteiger charge is -2.33. The summed E-state index contributed by atoms with van der Waals surface area (Å²) in [4.78, 5) is 12.8. The number of ketones is 1. The van der Waals surface area contributed by atoms with Gasteiger partial charge in [-0.25, -0.2) is 0 Å². The van der Waals surface area contributed by atoms with E-state index in [4.69, 9.17) is 0 Å². The Balaban J connectivity index is 2.59. The highest BCUT2D eigenvalue weighted by molar-refractivity contribution is 9.11. The molecule has 1 saturated carbocycles. The largest absolute Gasteiger partial charge is 0.297 e. The number of carbonyl (C=O) groups is 1. The molecule has 0 aliphatic heterocycles. The van der Waals surface area contributed by atoms with Crippen LogP contribution >= 0.6 is 31.9 Å². The fraction of sp³-hybridized carbons (Fsp3) is 0.562. The van der Waals surface area contributed by atoms with Crippen LogP contribution < -0.4 is 0 Å². The number of hydrogen-bond acceptors (Lipinski definition) is 1. The van der Waals surface area contributed by atoms with Gasteiger partial charge in [-0.2, -0.15) is 0 Å². The van der Waals surface area contributed by atoms with Crippen molar-refractivity contribution in [2.24, 2.45) is 11.8 Å². The van der Waals surface area contributed by atoms with Crippen LogP contribution in [0, 0.1) is 11.8 Å². The van der Waals surface area contributed by atoms with Crippen molar-refractivity contribution in [3.05, 3.63) is 35.9 Å². The van der Waals surface area contributed by atoms with E-state index in [-0.39, 0.29) is 17.6 Å². The van der Waals surface area contributed by atoms with Crippen molar-refractivity contribution in [3.63, 3.8) is 0 Å². The first-order valence-electron chi connectivity index (χ1n) is 6.68. The zero-order valence-electron chi connectivity index (χ0n) is 11.8. The zero-order chi connectivity index (χ0) is 14.4. The molecule has 2 rings (SSSR count). The predicted octanol–water partition coefficient (Wildman–Crippen LogP) is 4.93. The van der Waals surface area contributed by atoms with Crippen LogP contribution in [-0.2, 0) is 4.79 Å². The quantitative estimate of drug-likeness (QED) is 0.657. The summed E-state index contributed by atoms with van der Waals surface area (Å²) in [5.74, 6) is 1.13. The van der Waals surface area contributed by atoms with Gasteiger partial charge in [0, 0.05) is 5.92 Å². The van der Waals surface area contributed by atoms with E-state index < -0.39 is 8.65 Å². The molecule has 19 heavy (non-hydrogen) atoms. The number of benzene rings is 1. The molecule has 4 atom stereocenters. The van der Waals surface area contributed by atoms with E-state index in [1.54, 1.807) is 0 Å². The van der Waals surface area contributed by atoms with Gasteiger partial charge in [0.1, 0.15) is 0 Å². The van der Waals surface area contributed by atoms with Crippen molar-refractivity contribution in [1.82, 2.24) is 0 Å². The predicted molar refractivity (Wildman–Crippen MR) is 87.2 cm³/mol. The smallest absolute Gasteiger partial charge is 0.166 e. The highest BCUT2D eigenvalue weighted by Gasteiger charge is 2.62. The molecule has 0 bridgehead atoms. The van der Waals surface area contributed by atoms with E-state index in [9.17, 15) is 4.79 Å². The number of rotatable bonds is 2. The molecule has 1 nitrogen and oxygen atoms in total. The molecule has 1 aromatic carbocycles. The van der Waals surface area contributed by atoms with Crippen LogP contribution in [0.5, 0.6) is 0 Å². The molecule has 0 N–H and O–H groups in total. The van der Waals surface area contributed by atoms with Crippen LogP contribution in [-0.4, -0.2) is 14.4 Å². The van der Waals surface area contributed by atoms with Gasteiger partial charge in [0.15, 0.2) is 5.78 Å². The van der Waals surface area contributed by atoms with Gasteiger partial charge in [0.05, 0.1) is 8.65 Å². The monoisotopic (exact) mass is 386 g/mol. The lowest BCUT2D eigenvalue weighted by Crippen LogP contribution is -2.36. The van der Waals surface area contributed by atoms with Gasteiger partial charge in [0.25, 0.3) is 0 Å². The standard InChI is InChI=1S/C16H20Br2O/c1-10(2)12-13(11-8-6-5-7-9-11)16(4,18)14(19)15(12,3)17/h5-10,12-13H,1-4H3/t12-,13-,15-,16-/m0/s1. The summed E-state index contributed by atoms with van der Waals surface area (Å²) in [7, 11) is 0. The Labute approximate surface area is 132 Å². The SMILES string of the molecule is CC(C)[C@H]1[C@H](c2ccccc2)[C@](C)(Br)C(=O)[C@@]1(C)Br. The normalized spacial score (nSPS) is 39.0. The van der Waals surface area contributed by atoms with Gasteiger partial charge in [0.2, 0.25) is 0 Å². The summed E-state index contributed by atoms with van der Waals surface area (Å²) in [6.07, 6.45) is 0. The second-order valence-electron chi connectivity index (χ2n) is 6.14. The minimum absolute atomic E-state index is 0.186. The van der Waals surface area contributed by atoms with E-state index in [1.807, 2.05) is 32.0 Å². The summed E-state index contributed by atoms with van der Waals surface area (Å²) >= 11 is 7.42. The summed E-state index contributed by atoms with van der Waals surface area (Å²) in [6.45, 7) is 8.42. The Bertz CT molecular complexity index is 477. The van der Waals surface area contributed by atoms with Gasteiger partial charge in [-0.1, -0.05) is 76.0 Å². The highest BCUT2D eigenvalue weighted by atomic mass is 79.9. The van der Waals surface area contributed by atoms with Gasteiger partial charge in [-0.05, 0) is 31.2 Å². The number of alkyl halides is 2. The maximum atomic E-state index is 12.8. The van der Waals surface area contributed by atoms with E-state index in [0.29, 0.717) is 5.92 Å². The molecule has 1 aromatic rings. The van der Waals surface area contributed by atoms with Gasteiger partial charge in [-0.3, -0.25) is 4.79 Å². The van der Waals surface area contributed by atoms with Crippen LogP contribution in [0.15, 0.2) is 30.3 Å². The van der Waals surface area contributed by atoms with Crippen molar-refractivity contribution in [2.45, 2.75) is 42.3 Å². The molecule has 0 amide bonds. The Morgan fingerprint density at radius 3 is 2.05 bits per heavy atom. The zero-order valence-corrected chi connectivity index (χ0v) is 15.0. The summed E-state index contributed by atoms with van der Waals surface area (Å²) in [6, 6.07) is 10.4. The van der Waals surface area contributed by atoms with Crippen molar-refractivity contribution < 1.29 is 4.79 Å². The Morgan fingerprint density at radius 1 is 1.05 bits per heavy atom. The van der Waals surface area contributed by atoms with E-state index in [1.165, 1.54) is 5.56 Å². The lowest BCUT2D eigenvalue weighted by molar-refractivity contribution is -0.120. The maximum Gasteiger partial charge on any atom is 0.166 e. The Hall–Kier alpha value is -0.150. The molecule has 0 radical (unpaired) electrons. The molecule has 0 unspecified atom stereocenters. The van der Waals surface area contributed by atoms with Crippen molar-refractivity contribution in [1.29, 1.82) is 0 Å². The van der Waals surface area contributed by atoms with Crippen LogP contribution in [0.3, 0.4) is 0 Å². The third-order valence-electron chi connectivity index (χ3n) is 4.33. The van der Waals surface area contributed by atoms with Crippen LogP contribution in [0.1, 0.15) is 39.2 Å². The lowest BCUT2D eigenvalue weighted by atomic mass is 9.76. The van der Waals surface area contributed by atoms with Gasteiger partial charge >= 0.3 is 0 Å². The molecule has 0 spiro atoms. The average molecular weight is 388 g/mol. The number of Topliss-reactive ketones (excluding diaryl/α,β-unsaturated/α-hetero) is 1. The summed E-state index contributed by atoms with van der Waals surface area (Å²) in [5, 5.41) is 0. The van der Waals surface area contributed by atoms with Gasteiger partial charge < -0.3 is 0 Å². The fourth-order valence-electron chi connectivity index (χ4n) is 3.61. The van der Waals surface area contributed by atoms with Crippen LogP contribution in [0.2, 0.25) is 0 Å². The Morgan fingerprint density at radius 2 is 1.58 bits per heavy atom. The number of halogens is 2. The van der Waals surface area contributed by atoms with Gasteiger partial charge in [-0.15, -0.1) is 0 Å². The average Bonchev–Trinajstić information content (AvgIpc) is 2.48. The fourth-order valence-corrected chi connectivity index (χ4v) is 6.04. The molecule has 0 heterocycles. The first-order chi connectivity index (χ1) is 8.70. The minimum atomic E-state index is -0.512. The second kappa shape index (κ2) is 5.00. The molecular weight excluding hydrogens is 368 g/mol. The van der Waals surface area contributed by atoms with E-state index >= 15 is 0 Å². The van der Waals surface area contributed by atoms with Crippen LogP contribution in [0.4, 0.5) is 0 Å². The molecule has 0 saturated heterocycles. The van der Waals surface area contributed by atoms with Crippen molar-refractivity contribution in [2.75, 3.05) is 0 Å². The summed E-state index contributed by atoms with van der Waals surface area (Å²) < 4.78 is -0.985. The maximum absolute atomic E-state index is 12.8. The molecule has 1 fully saturated rings. The first kappa shape index (κ1) is 15.2. The molecule has 104 valence electrons. The topological polar surface area (TPSA) is 17.1 Å². The van der Waals surface area contributed by atoms with E-state index in [2.05, 4.69) is 57.8 Å². The molecule has 1 aliphatic rings. The van der Waals surface area contributed by atoms with Crippen molar-refractivity contribution in [3.8, 4) is 0 Å². The number of carbonyl (C=O) groups excluding carboxylic acids is 1. The minimum Gasteiger partial charge on any atom is -0.297 e. The Kier molecular flexibility index (Phi) is 4.01. The third kappa shape index (κ3) is 2.33. The van der Waals surface area contributed by atoms with E-state index in [0.717, 1.165) is 0 Å². The number of hydrogen-bond donors (Lipinski definition) is 0. The molecule has 0 aromatic heterocycles. The molecule has 3 heteroatoms. The summed E-state index contributed by atoms with van der Waals surface area (Å²) in [5.41, 5.74) is 1.23. The molecule has 1 aliphatic carbocycles. The van der Waals surface area contributed by atoms with Crippen LogP contribution in [0.25, 0.3) is 0 Å². The molecular formula is C16H20Br2O. The first-order valence-corrected chi connectivity index (χ1v) is 8.27. The second-order valence-corrected chi connectivity index (χ2v) is 9.43. The third-order valence-corrected chi connectivity index (χ3v) is 6.08. The highest BCUT2D eigenvalue weighted by Crippen LogP contribution is 2.59. The van der Waals surface area contributed by atoms with Crippen molar-refractivity contribution >= 4 is 37.6 Å².